The molecule has 84 valence electrons. The van der Waals surface area contributed by atoms with E-state index in [2.05, 4.69) is 0 Å². The van der Waals surface area contributed by atoms with Crippen LogP contribution in [0.15, 0.2) is 33.6 Å². The normalized spacial score (nSPS) is 10.4. The third-order valence-electron chi connectivity index (χ3n) is 2.52. The topological polar surface area (TPSA) is 44.4 Å². The second kappa shape index (κ2) is 3.89. The second-order valence-corrected chi connectivity index (χ2v) is 3.58. The summed E-state index contributed by atoms with van der Waals surface area (Å²) in [5, 5.41) is 0. The van der Waals surface area contributed by atoms with Crippen molar-refractivity contribution in [2.75, 3.05) is 7.11 Å². The Hall–Kier alpha value is -1.97. The highest BCUT2D eigenvalue weighted by molar-refractivity contribution is 5.70. The lowest BCUT2D eigenvalue weighted by Crippen LogP contribution is -2.11. The van der Waals surface area contributed by atoms with Gasteiger partial charge in [0.2, 0.25) is 0 Å². The molecule has 2 aromatic rings. The molecule has 16 heavy (non-hydrogen) atoms. The Kier molecular flexibility index (Phi) is 2.56. The number of hydrogen-bond donors (Lipinski definition) is 0. The molecule has 0 bridgehead atoms. The SMILES string of the molecule is COc1on(C)c(=O)c1-c1ccccc1C. The third kappa shape index (κ3) is 1.52. The lowest BCUT2D eigenvalue weighted by Gasteiger charge is -2.02. The lowest BCUT2D eigenvalue weighted by atomic mass is 10.0. The van der Waals surface area contributed by atoms with Gasteiger partial charge in [-0.05, 0) is 18.1 Å². The highest BCUT2D eigenvalue weighted by Gasteiger charge is 2.18. The van der Waals surface area contributed by atoms with Crippen LogP contribution in [0.4, 0.5) is 0 Å². The van der Waals surface area contributed by atoms with Gasteiger partial charge in [0, 0.05) is 7.05 Å². The van der Waals surface area contributed by atoms with E-state index in [1.165, 1.54) is 11.8 Å². The van der Waals surface area contributed by atoms with Crippen LogP contribution in [0.25, 0.3) is 11.1 Å². The van der Waals surface area contributed by atoms with Crippen molar-refractivity contribution in [2.45, 2.75) is 6.92 Å². The van der Waals surface area contributed by atoms with E-state index in [0.717, 1.165) is 11.1 Å². The summed E-state index contributed by atoms with van der Waals surface area (Å²) in [6.07, 6.45) is 0. The molecule has 4 nitrogen and oxygen atoms in total. The molecule has 1 aromatic heterocycles. The van der Waals surface area contributed by atoms with E-state index in [0.29, 0.717) is 5.56 Å². The van der Waals surface area contributed by atoms with Crippen LogP contribution in [0, 0.1) is 6.92 Å². The van der Waals surface area contributed by atoms with E-state index in [-0.39, 0.29) is 11.5 Å². The number of hydrogen-bond acceptors (Lipinski definition) is 3. The molecule has 0 amide bonds. The van der Waals surface area contributed by atoms with E-state index in [1.54, 1.807) is 7.05 Å². The average Bonchev–Trinajstić information content (AvgIpc) is 2.56. The van der Waals surface area contributed by atoms with Crippen LogP contribution in [0.5, 0.6) is 5.95 Å². The van der Waals surface area contributed by atoms with E-state index in [9.17, 15) is 4.79 Å². The fourth-order valence-corrected chi connectivity index (χ4v) is 1.67. The van der Waals surface area contributed by atoms with Gasteiger partial charge in [0.1, 0.15) is 5.56 Å². The molecule has 0 aliphatic heterocycles. The van der Waals surface area contributed by atoms with Crippen molar-refractivity contribution in [3.8, 4) is 17.1 Å². The summed E-state index contributed by atoms with van der Waals surface area (Å²) in [5.74, 6) is 0.252. The van der Waals surface area contributed by atoms with Crippen molar-refractivity contribution in [3.05, 3.63) is 40.2 Å². The van der Waals surface area contributed by atoms with E-state index in [1.807, 2.05) is 31.2 Å². The van der Waals surface area contributed by atoms with Crippen LogP contribution in [0.1, 0.15) is 5.56 Å². The Morgan fingerprint density at radius 1 is 1.31 bits per heavy atom. The van der Waals surface area contributed by atoms with Gasteiger partial charge in [0.05, 0.1) is 7.11 Å². The van der Waals surface area contributed by atoms with Gasteiger partial charge in [-0.3, -0.25) is 4.79 Å². The van der Waals surface area contributed by atoms with Gasteiger partial charge in [-0.15, -0.1) is 0 Å². The van der Waals surface area contributed by atoms with E-state index in [4.69, 9.17) is 9.26 Å². The zero-order chi connectivity index (χ0) is 11.7. The molecule has 1 aromatic carbocycles. The first-order chi connectivity index (χ1) is 7.65. The number of aryl methyl sites for hydroxylation is 2. The maximum Gasteiger partial charge on any atom is 0.320 e. The molecule has 0 saturated heterocycles. The van der Waals surface area contributed by atoms with Crippen LogP contribution in [-0.2, 0) is 7.05 Å². The van der Waals surface area contributed by atoms with Gasteiger partial charge in [-0.25, -0.2) is 0 Å². The number of benzene rings is 1. The first-order valence-corrected chi connectivity index (χ1v) is 4.95. The molecule has 0 fully saturated rings. The first kappa shape index (κ1) is 10.5. The number of nitrogens with zero attached hydrogens (tertiary/aromatic N) is 1. The molecule has 2 rings (SSSR count). The molecule has 0 N–H and O–H groups in total. The van der Waals surface area contributed by atoms with Gasteiger partial charge >= 0.3 is 5.95 Å². The van der Waals surface area contributed by atoms with Gasteiger partial charge in [0.25, 0.3) is 5.56 Å². The fourth-order valence-electron chi connectivity index (χ4n) is 1.67. The van der Waals surface area contributed by atoms with Gasteiger partial charge in [-0.1, -0.05) is 24.3 Å². The smallest absolute Gasteiger partial charge is 0.320 e. The maximum atomic E-state index is 11.9. The Bertz CT molecular complexity index is 566. The first-order valence-electron chi connectivity index (χ1n) is 4.95. The molecule has 0 aliphatic carbocycles. The molecule has 0 radical (unpaired) electrons. The second-order valence-electron chi connectivity index (χ2n) is 3.58. The number of methoxy groups -OCH3 is 1. The Morgan fingerprint density at radius 3 is 2.62 bits per heavy atom. The van der Waals surface area contributed by atoms with Crippen molar-refractivity contribution in [3.63, 3.8) is 0 Å². The maximum absolute atomic E-state index is 11.9. The van der Waals surface area contributed by atoms with E-state index >= 15 is 0 Å². The van der Waals surface area contributed by atoms with Crippen LogP contribution in [-0.4, -0.2) is 11.8 Å². The molecule has 0 spiro atoms. The van der Waals surface area contributed by atoms with Crippen molar-refractivity contribution < 1.29 is 9.26 Å². The Labute approximate surface area is 93.0 Å². The summed E-state index contributed by atoms with van der Waals surface area (Å²) >= 11 is 0. The van der Waals surface area contributed by atoms with Crippen LogP contribution in [0.2, 0.25) is 0 Å². The molecular weight excluding hydrogens is 206 g/mol. The van der Waals surface area contributed by atoms with Gasteiger partial charge in [0.15, 0.2) is 0 Å². The highest BCUT2D eigenvalue weighted by atomic mass is 16.6. The van der Waals surface area contributed by atoms with Crippen molar-refractivity contribution >= 4 is 0 Å². The van der Waals surface area contributed by atoms with Crippen LogP contribution < -0.4 is 10.3 Å². The summed E-state index contributed by atoms with van der Waals surface area (Å²) in [6.45, 7) is 1.95. The summed E-state index contributed by atoms with van der Waals surface area (Å²) < 4.78 is 11.4. The monoisotopic (exact) mass is 219 g/mol. The summed E-state index contributed by atoms with van der Waals surface area (Å²) in [4.78, 5) is 11.9. The summed E-state index contributed by atoms with van der Waals surface area (Å²) in [5.41, 5.74) is 2.14. The van der Waals surface area contributed by atoms with E-state index < -0.39 is 0 Å². The molecular formula is C12H13NO3. The standard InChI is InChI=1S/C12H13NO3/c1-8-6-4-5-7-9(8)10-11(14)13(2)16-12(10)15-3/h4-7H,1-3H3. The predicted molar refractivity (Wildman–Crippen MR) is 60.7 cm³/mol. The summed E-state index contributed by atoms with van der Waals surface area (Å²) in [7, 11) is 3.05. The van der Waals surface area contributed by atoms with Gasteiger partial charge in [-0.2, -0.15) is 4.74 Å². The van der Waals surface area contributed by atoms with Crippen molar-refractivity contribution in [1.82, 2.24) is 4.74 Å². The molecule has 0 unspecified atom stereocenters. The third-order valence-corrected chi connectivity index (χ3v) is 2.52. The summed E-state index contributed by atoms with van der Waals surface area (Å²) in [6, 6.07) is 7.63. The minimum Gasteiger partial charge on any atom is -0.467 e. The average molecular weight is 219 g/mol. The van der Waals surface area contributed by atoms with Crippen LogP contribution >= 0.6 is 0 Å². The van der Waals surface area contributed by atoms with Crippen molar-refractivity contribution in [2.24, 2.45) is 7.05 Å². The molecule has 0 atom stereocenters. The molecule has 1 heterocycles. The number of aromatic nitrogens is 1. The number of ether oxygens (including phenoxy) is 1. The predicted octanol–water partition coefficient (Wildman–Crippen LogP) is 1.96. The van der Waals surface area contributed by atoms with Crippen molar-refractivity contribution in [1.29, 1.82) is 0 Å². The molecule has 0 aliphatic rings. The molecule has 4 heteroatoms. The minimum absolute atomic E-state index is 0.189. The lowest BCUT2D eigenvalue weighted by molar-refractivity contribution is 0.208. The zero-order valence-electron chi connectivity index (χ0n) is 9.48. The minimum atomic E-state index is -0.189. The quantitative estimate of drug-likeness (QED) is 0.775. The zero-order valence-corrected chi connectivity index (χ0v) is 9.48. The van der Waals surface area contributed by atoms with Gasteiger partial charge < -0.3 is 9.26 Å². The van der Waals surface area contributed by atoms with Crippen LogP contribution in [0.3, 0.4) is 0 Å². The highest BCUT2D eigenvalue weighted by Crippen LogP contribution is 2.28. The largest absolute Gasteiger partial charge is 0.467 e. The Balaban J connectivity index is 2.73. The Morgan fingerprint density at radius 2 is 2.00 bits per heavy atom. The fraction of sp³-hybridized carbons (Fsp3) is 0.250. The molecule has 0 saturated carbocycles. The number of rotatable bonds is 2.